The molecule has 0 fully saturated rings. The quantitative estimate of drug-likeness (QED) is 0.823. The minimum atomic E-state index is -0.100. The van der Waals surface area contributed by atoms with E-state index in [1.807, 2.05) is 6.92 Å². The summed E-state index contributed by atoms with van der Waals surface area (Å²) < 4.78 is 0. The van der Waals surface area contributed by atoms with E-state index in [1.165, 1.54) is 6.20 Å². The van der Waals surface area contributed by atoms with Crippen molar-refractivity contribution in [2.24, 2.45) is 5.92 Å². The van der Waals surface area contributed by atoms with E-state index < -0.39 is 0 Å². The van der Waals surface area contributed by atoms with E-state index >= 15 is 0 Å². The Morgan fingerprint density at radius 2 is 2.19 bits per heavy atom. The molecule has 4 heteroatoms. The zero-order valence-electron chi connectivity index (χ0n) is 9.83. The molecule has 88 valence electrons. The van der Waals surface area contributed by atoms with Gasteiger partial charge in [0.05, 0.1) is 5.56 Å². The van der Waals surface area contributed by atoms with Crippen LogP contribution in [0.5, 0.6) is 0 Å². The third-order valence-corrected chi connectivity index (χ3v) is 3.07. The molecule has 0 saturated carbocycles. The smallest absolute Gasteiger partial charge is 0.253 e. The van der Waals surface area contributed by atoms with Gasteiger partial charge in [-0.2, -0.15) is 0 Å². The summed E-state index contributed by atoms with van der Waals surface area (Å²) in [4.78, 5) is 15.7. The molecule has 16 heavy (non-hydrogen) atoms. The van der Waals surface area contributed by atoms with Crippen LogP contribution < -0.4 is 5.32 Å². The number of halogens is 1. The standard InChI is InChI=1S/C12H17ClN2O/c1-4-8(2)9(3)15-12(16)10-5-6-11(13)14-7-10/h5-9H,4H2,1-3H3,(H,15,16). The number of amides is 1. The van der Waals surface area contributed by atoms with Crippen LogP contribution in [0.15, 0.2) is 18.3 Å². The van der Waals surface area contributed by atoms with Crippen LogP contribution >= 0.6 is 11.6 Å². The van der Waals surface area contributed by atoms with Gasteiger partial charge in [-0.15, -0.1) is 0 Å². The highest BCUT2D eigenvalue weighted by Gasteiger charge is 2.14. The van der Waals surface area contributed by atoms with Crippen LogP contribution in [0.3, 0.4) is 0 Å². The van der Waals surface area contributed by atoms with Crippen LogP contribution in [0, 0.1) is 5.92 Å². The van der Waals surface area contributed by atoms with E-state index in [2.05, 4.69) is 24.1 Å². The third kappa shape index (κ3) is 3.49. The molecule has 0 aliphatic carbocycles. The number of pyridine rings is 1. The highest BCUT2D eigenvalue weighted by molar-refractivity contribution is 6.29. The first-order valence-corrected chi connectivity index (χ1v) is 5.84. The highest BCUT2D eigenvalue weighted by atomic mass is 35.5. The molecule has 0 saturated heterocycles. The van der Waals surface area contributed by atoms with E-state index in [1.54, 1.807) is 12.1 Å². The van der Waals surface area contributed by atoms with Gasteiger partial charge in [0.2, 0.25) is 0 Å². The SMILES string of the molecule is CCC(C)C(C)NC(=O)c1ccc(Cl)nc1. The average molecular weight is 241 g/mol. The van der Waals surface area contributed by atoms with Gasteiger partial charge in [0.15, 0.2) is 0 Å². The third-order valence-electron chi connectivity index (χ3n) is 2.85. The van der Waals surface area contributed by atoms with Gasteiger partial charge in [0.1, 0.15) is 5.15 Å². The Labute approximate surface area is 101 Å². The normalized spacial score (nSPS) is 14.2. The molecule has 1 rings (SSSR count). The monoisotopic (exact) mass is 240 g/mol. The minimum Gasteiger partial charge on any atom is -0.349 e. The van der Waals surface area contributed by atoms with Crippen LogP contribution in [0.2, 0.25) is 5.15 Å². The molecule has 0 spiro atoms. The molecule has 0 aliphatic heterocycles. The van der Waals surface area contributed by atoms with Crippen molar-refractivity contribution in [3.8, 4) is 0 Å². The Bertz CT molecular complexity index is 351. The maximum Gasteiger partial charge on any atom is 0.253 e. The second-order valence-corrected chi connectivity index (χ2v) is 4.40. The number of hydrogen-bond donors (Lipinski definition) is 1. The van der Waals surface area contributed by atoms with E-state index in [9.17, 15) is 4.79 Å². The van der Waals surface area contributed by atoms with Gasteiger partial charge in [-0.05, 0) is 25.0 Å². The zero-order valence-corrected chi connectivity index (χ0v) is 10.6. The first-order valence-electron chi connectivity index (χ1n) is 5.47. The molecular weight excluding hydrogens is 224 g/mol. The Kier molecular flexibility index (Phi) is 4.74. The molecule has 1 aromatic heterocycles. The zero-order chi connectivity index (χ0) is 12.1. The van der Waals surface area contributed by atoms with Crippen LogP contribution in [0.25, 0.3) is 0 Å². The second kappa shape index (κ2) is 5.85. The summed E-state index contributed by atoms with van der Waals surface area (Å²) in [5.41, 5.74) is 0.541. The lowest BCUT2D eigenvalue weighted by atomic mass is 10.0. The van der Waals surface area contributed by atoms with E-state index in [4.69, 9.17) is 11.6 Å². The first kappa shape index (κ1) is 13.0. The molecule has 0 bridgehead atoms. The summed E-state index contributed by atoms with van der Waals surface area (Å²) in [6.45, 7) is 6.23. The molecular formula is C12H17ClN2O. The summed E-state index contributed by atoms with van der Waals surface area (Å²) in [6, 6.07) is 3.45. The summed E-state index contributed by atoms with van der Waals surface area (Å²) in [5.74, 6) is 0.362. The number of carbonyl (C=O) groups is 1. The van der Waals surface area contributed by atoms with Gasteiger partial charge >= 0.3 is 0 Å². The van der Waals surface area contributed by atoms with Gasteiger partial charge in [-0.1, -0.05) is 31.9 Å². The Morgan fingerprint density at radius 1 is 1.50 bits per heavy atom. The van der Waals surface area contributed by atoms with Crippen molar-refractivity contribution in [3.63, 3.8) is 0 Å². The maximum absolute atomic E-state index is 11.8. The molecule has 0 aliphatic rings. The van der Waals surface area contributed by atoms with Crippen LogP contribution in [0.1, 0.15) is 37.6 Å². The summed E-state index contributed by atoms with van der Waals surface area (Å²) >= 11 is 5.65. The fraction of sp³-hybridized carbons (Fsp3) is 0.500. The largest absolute Gasteiger partial charge is 0.349 e. The summed E-state index contributed by atoms with van der Waals surface area (Å²) in [5, 5.41) is 3.34. The molecule has 0 radical (unpaired) electrons. The van der Waals surface area contributed by atoms with Crippen molar-refractivity contribution < 1.29 is 4.79 Å². The van der Waals surface area contributed by atoms with Gasteiger partial charge < -0.3 is 5.32 Å². The molecule has 2 atom stereocenters. The van der Waals surface area contributed by atoms with Gasteiger partial charge in [-0.25, -0.2) is 4.98 Å². The Hall–Kier alpha value is -1.09. The lowest BCUT2D eigenvalue weighted by Gasteiger charge is -2.19. The van der Waals surface area contributed by atoms with Gasteiger partial charge in [0, 0.05) is 12.2 Å². The van der Waals surface area contributed by atoms with E-state index in [-0.39, 0.29) is 11.9 Å². The van der Waals surface area contributed by atoms with Crippen LogP contribution in [-0.2, 0) is 0 Å². The number of nitrogens with zero attached hydrogens (tertiary/aromatic N) is 1. The number of nitrogens with one attached hydrogen (secondary N) is 1. The fourth-order valence-electron chi connectivity index (χ4n) is 1.30. The van der Waals surface area contributed by atoms with Crippen molar-refractivity contribution in [2.45, 2.75) is 33.2 Å². The number of carbonyl (C=O) groups excluding carboxylic acids is 1. The van der Waals surface area contributed by atoms with Gasteiger partial charge in [0.25, 0.3) is 5.91 Å². The Morgan fingerprint density at radius 3 is 2.69 bits per heavy atom. The average Bonchev–Trinajstić information content (AvgIpc) is 2.28. The molecule has 2 unspecified atom stereocenters. The predicted octanol–water partition coefficient (Wildman–Crippen LogP) is 2.90. The first-order chi connectivity index (χ1) is 7.54. The van der Waals surface area contributed by atoms with Crippen molar-refractivity contribution in [3.05, 3.63) is 29.0 Å². The number of aromatic nitrogens is 1. The van der Waals surface area contributed by atoms with Crippen molar-refractivity contribution in [1.29, 1.82) is 0 Å². The molecule has 1 heterocycles. The van der Waals surface area contributed by atoms with Crippen LogP contribution in [0.4, 0.5) is 0 Å². The number of hydrogen-bond acceptors (Lipinski definition) is 2. The molecule has 0 aromatic carbocycles. The minimum absolute atomic E-state index is 0.100. The number of rotatable bonds is 4. The lowest BCUT2D eigenvalue weighted by Crippen LogP contribution is -2.36. The van der Waals surface area contributed by atoms with Crippen molar-refractivity contribution in [2.75, 3.05) is 0 Å². The predicted molar refractivity (Wildman–Crippen MR) is 65.6 cm³/mol. The van der Waals surface area contributed by atoms with Crippen molar-refractivity contribution in [1.82, 2.24) is 10.3 Å². The highest BCUT2D eigenvalue weighted by Crippen LogP contribution is 2.09. The topological polar surface area (TPSA) is 42.0 Å². The molecule has 1 amide bonds. The molecule has 1 N–H and O–H groups in total. The fourth-order valence-corrected chi connectivity index (χ4v) is 1.41. The second-order valence-electron chi connectivity index (χ2n) is 4.02. The maximum atomic E-state index is 11.8. The van der Waals surface area contributed by atoms with E-state index in [0.29, 0.717) is 16.6 Å². The summed E-state index contributed by atoms with van der Waals surface area (Å²) in [7, 11) is 0. The molecule has 1 aromatic rings. The van der Waals surface area contributed by atoms with Gasteiger partial charge in [-0.3, -0.25) is 4.79 Å². The lowest BCUT2D eigenvalue weighted by molar-refractivity contribution is 0.0928. The Balaban J connectivity index is 2.62. The van der Waals surface area contributed by atoms with Crippen LogP contribution in [-0.4, -0.2) is 16.9 Å². The molecule has 3 nitrogen and oxygen atoms in total. The van der Waals surface area contributed by atoms with Crippen molar-refractivity contribution >= 4 is 17.5 Å². The van der Waals surface area contributed by atoms with E-state index in [0.717, 1.165) is 6.42 Å². The summed E-state index contributed by atoms with van der Waals surface area (Å²) in [6.07, 6.45) is 2.53.